The standard InChI is InChI=1S/C24H32N4O3/c1-24(2)14-25-21(24)16-7-9-27(10-8-16)12-15-3-4-18-17(11-15)13-28(23(18)31)19-5-6-20(29)26-22(19)30/h3-4,11,16,19,21,25H,5-10,12-14H2,1-2H3,(H,26,29,30). The number of piperidine rings is 2. The first kappa shape index (κ1) is 20.6. The van der Waals surface area contributed by atoms with Crippen LogP contribution in [0.4, 0.5) is 0 Å². The van der Waals surface area contributed by atoms with Crippen LogP contribution in [0.25, 0.3) is 0 Å². The molecule has 3 saturated heterocycles. The molecule has 0 aromatic heterocycles. The third-order valence-corrected chi connectivity index (χ3v) is 7.72. The minimum absolute atomic E-state index is 0.104. The van der Waals surface area contributed by atoms with Gasteiger partial charge < -0.3 is 10.2 Å². The Hall–Kier alpha value is -2.25. The molecule has 7 heteroatoms. The molecule has 0 radical (unpaired) electrons. The predicted octanol–water partition coefficient (Wildman–Crippen LogP) is 1.66. The van der Waals surface area contributed by atoms with E-state index in [9.17, 15) is 14.4 Å². The highest BCUT2D eigenvalue weighted by atomic mass is 16.2. The van der Waals surface area contributed by atoms with E-state index in [2.05, 4.69) is 35.4 Å². The Morgan fingerprint density at radius 1 is 1.10 bits per heavy atom. The summed E-state index contributed by atoms with van der Waals surface area (Å²) in [5, 5.41) is 6.00. The summed E-state index contributed by atoms with van der Waals surface area (Å²) in [6.45, 7) is 9.41. The Morgan fingerprint density at radius 2 is 1.87 bits per heavy atom. The Morgan fingerprint density at radius 3 is 2.52 bits per heavy atom. The van der Waals surface area contributed by atoms with Crippen LogP contribution in [0.1, 0.15) is 61.0 Å². The van der Waals surface area contributed by atoms with Crippen molar-refractivity contribution in [1.82, 2.24) is 20.4 Å². The van der Waals surface area contributed by atoms with Crippen molar-refractivity contribution in [1.29, 1.82) is 0 Å². The summed E-state index contributed by atoms with van der Waals surface area (Å²) in [7, 11) is 0. The third kappa shape index (κ3) is 3.78. The normalized spacial score (nSPS) is 29.0. The minimum Gasteiger partial charge on any atom is -0.322 e. The molecular formula is C24H32N4O3. The molecule has 0 bridgehead atoms. The first-order chi connectivity index (χ1) is 14.8. The summed E-state index contributed by atoms with van der Waals surface area (Å²) in [4.78, 5) is 40.6. The molecular weight excluding hydrogens is 392 g/mol. The smallest absolute Gasteiger partial charge is 0.255 e. The Bertz CT molecular complexity index is 919. The molecule has 1 aromatic carbocycles. The van der Waals surface area contributed by atoms with Crippen molar-refractivity contribution in [3.05, 3.63) is 34.9 Å². The van der Waals surface area contributed by atoms with Crippen LogP contribution >= 0.6 is 0 Å². The number of rotatable bonds is 4. The maximum atomic E-state index is 12.9. The van der Waals surface area contributed by atoms with Gasteiger partial charge in [-0.3, -0.25) is 24.6 Å². The number of hydrogen-bond acceptors (Lipinski definition) is 5. The van der Waals surface area contributed by atoms with Crippen LogP contribution in [0.2, 0.25) is 0 Å². The summed E-state index contributed by atoms with van der Waals surface area (Å²) >= 11 is 0. The van der Waals surface area contributed by atoms with E-state index in [1.54, 1.807) is 4.90 Å². The molecule has 2 unspecified atom stereocenters. The Labute approximate surface area is 183 Å². The predicted molar refractivity (Wildman–Crippen MR) is 116 cm³/mol. The lowest BCUT2D eigenvalue weighted by Crippen LogP contribution is -2.63. The molecule has 31 heavy (non-hydrogen) atoms. The van der Waals surface area contributed by atoms with Gasteiger partial charge in [-0.15, -0.1) is 0 Å². The van der Waals surface area contributed by atoms with Gasteiger partial charge in [-0.2, -0.15) is 0 Å². The maximum absolute atomic E-state index is 12.9. The molecule has 1 aromatic rings. The number of carbonyl (C=O) groups is 3. The molecule has 166 valence electrons. The van der Waals surface area contributed by atoms with Crippen LogP contribution in [0, 0.1) is 11.3 Å². The average molecular weight is 425 g/mol. The number of benzene rings is 1. The fourth-order valence-corrected chi connectivity index (χ4v) is 5.86. The number of nitrogens with zero attached hydrogens (tertiary/aromatic N) is 2. The summed E-state index contributed by atoms with van der Waals surface area (Å²) in [6.07, 6.45) is 3.14. The number of nitrogens with one attached hydrogen (secondary N) is 2. The van der Waals surface area contributed by atoms with Crippen LogP contribution in [0.3, 0.4) is 0 Å². The van der Waals surface area contributed by atoms with E-state index < -0.39 is 6.04 Å². The van der Waals surface area contributed by atoms with Gasteiger partial charge in [0.25, 0.3) is 5.91 Å². The van der Waals surface area contributed by atoms with E-state index in [4.69, 9.17) is 0 Å². The first-order valence-corrected chi connectivity index (χ1v) is 11.5. The van der Waals surface area contributed by atoms with E-state index >= 15 is 0 Å². The number of fused-ring (bicyclic) bond motifs is 1. The van der Waals surface area contributed by atoms with Gasteiger partial charge in [0.15, 0.2) is 0 Å². The zero-order valence-corrected chi connectivity index (χ0v) is 18.4. The van der Waals surface area contributed by atoms with Crippen molar-refractivity contribution in [2.75, 3.05) is 19.6 Å². The lowest BCUT2D eigenvalue weighted by Gasteiger charge is -2.51. The lowest BCUT2D eigenvalue weighted by molar-refractivity contribution is -0.136. The molecule has 0 spiro atoms. The van der Waals surface area contributed by atoms with Crippen LogP contribution < -0.4 is 10.6 Å². The van der Waals surface area contributed by atoms with Gasteiger partial charge in [0, 0.05) is 37.7 Å². The molecule has 3 fully saturated rings. The van der Waals surface area contributed by atoms with E-state index in [-0.39, 0.29) is 24.1 Å². The lowest BCUT2D eigenvalue weighted by atomic mass is 9.68. The fraction of sp³-hybridized carbons (Fsp3) is 0.625. The number of imide groups is 1. The highest BCUT2D eigenvalue weighted by molar-refractivity contribution is 6.05. The molecule has 7 nitrogen and oxygen atoms in total. The molecule has 0 aliphatic carbocycles. The Balaban J connectivity index is 1.20. The zero-order valence-electron chi connectivity index (χ0n) is 18.4. The number of amides is 3. The third-order valence-electron chi connectivity index (χ3n) is 7.72. The minimum atomic E-state index is -0.551. The quantitative estimate of drug-likeness (QED) is 0.719. The van der Waals surface area contributed by atoms with E-state index in [0.29, 0.717) is 30.0 Å². The zero-order chi connectivity index (χ0) is 21.8. The van der Waals surface area contributed by atoms with Crippen molar-refractivity contribution < 1.29 is 14.4 Å². The van der Waals surface area contributed by atoms with Gasteiger partial charge in [-0.05, 0) is 60.9 Å². The maximum Gasteiger partial charge on any atom is 0.255 e. The molecule has 0 saturated carbocycles. The van der Waals surface area contributed by atoms with Gasteiger partial charge in [-0.1, -0.05) is 26.0 Å². The highest BCUT2D eigenvalue weighted by Gasteiger charge is 2.43. The fourth-order valence-electron chi connectivity index (χ4n) is 5.86. The average Bonchev–Trinajstić information content (AvgIpc) is 3.04. The summed E-state index contributed by atoms with van der Waals surface area (Å²) in [5.74, 6) is 0.0462. The largest absolute Gasteiger partial charge is 0.322 e. The second-order valence-electron chi connectivity index (χ2n) is 10.4. The van der Waals surface area contributed by atoms with Gasteiger partial charge in [0.2, 0.25) is 11.8 Å². The number of hydrogen-bond donors (Lipinski definition) is 2. The topological polar surface area (TPSA) is 81.8 Å². The van der Waals surface area contributed by atoms with Crippen LogP contribution in [-0.2, 0) is 22.7 Å². The number of carbonyl (C=O) groups excluding carboxylic acids is 3. The van der Waals surface area contributed by atoms with Crippen LogP contribution in [-0.4, -0.2) is 59.2 Å². The van der Waals surface area contributed by atoms with Gasteiger partial charge in [-0.25, -0.2) is 0 Å². The molecule has 5 rings (SSSR count). The van der Waals surface area contributed by atoms with Gasteiger partial charge in [0.05, 0.1) is 0 Å². The number of likely N-dealkylation sites (tertiary alicyclic amines) is 1. The van der Waals surface area contributed by atoms with E-state index in [0.717, 1.165) is 37.7 Å². The van der Waals surface area contributed by atoms with Crippen molar-refractivity contribution in [2.24, 2.45) is 11.3 Å². The molecule has 2 atom stereocenters. The first-order valence-electron chi connectivity index (χ1n) is 11.5. The molecule has 4 aliphatic rings. The second kappa shape index (κ2) is 7.71. The van der Waals surface area contributed by atoms with Gasteiger partial charge in [0.1, 0.15) is 6.04 Å². The van der Waals surface area contributed by atoms with Crippen LogP contribution in [0.5, 0.6) is 0 Å². The van der Waals surface area contributed by atoms with Gasteiger partial charge >= 0.3 is 0 Å². The summed E-state index contributed by atoms with van der Waals surface area (Å²) in [5.41, 5.74) is 3.32. The molecule has 2 N–H and O–H groups in total. The van der Waals surface area contributed by atoms with Crippen molar-refractivity contribution in [2.45, 2.75) is 64.7 Å². The van der Waals surface area contributed by atoms with E-state index in [1.807, 2.05) is 12.1 Å². The van der Waals surface area contributed by atoms with Crippen LogP contribution in [0.15, 0.2) is 18.2 Å². The summed E-state index contributed by atoms with van der Waals surface area (Å²) in [6, 6.07) is 6.19. The van der Waals surface area contributed by atoms with Crippen molar-refractivity contribution >= 4 is 17.7 Å². The van der Waals surface area contributed by atoms with E-state index in [1.165, 1.54) is 18.4 Å². The van der Waals surface area contributed by atoms with Crippen molar-refractivity contribution in [3.63, 3.8) is 0 Å². The highest BCUT2D eigenvalue weighted by Crippen LogP contribution is 2.37. The SMILES string of the molecule is CC1(C)CNC1C1CCN(Cc2ccc3c(c2)CN(C2CCC(=O)NC2=O)C3=O)CC1. The molecule has 4 heterocycles. The monoisotopic (exact) mass is 424 g/mol. The Kier molecular flexibility index (Phi) is 5.13. The van der Waals surface area contributed by atoms with Crippen molar-refractivity contribution in [3.8, 4) is 0 Å². The second-order valence-corrected chi connectivity index (χ2v) is 10.4. The summed E-state index contributed by atoms with van der Waals surface area (Å²) < 4.78 is 0. The molecule has 3 amide bonds. The molecule has 4 aliphatic heterocycles.